The van der Waals surface area contributed by atoms with E-state index in [4.69, 9.17) is 23.2 Å². The van der Waals surface area contributed by atoms with Crippen LogP contribution in [0.2, 0.25) is 10.3 Å². The first kappa shape index (κ1) is 12.5. The molecule has 18 heavy (non-hydrogen) atoms. The van der Waals surface area contributed by atoms with E-state index in [9.17, 15) is 0 Å². The maximum Gasteiger partial charge on any atom is 0.154 e. The highest BCUT2D eigenvalue weighted by Crippen LogP contribution is 2.33. The van der Waals surface area contributed by atoms with Crippen LogP contribution in [0.5, 0.6) is 0 Å². The summed E-state index contributed by atoms with van der Waals surface area (Å²) in [5.41, 5.74) is 2.01. The van der Waals surface area contributed by atoms with Gasteiger partial charge in [0.1, 0.15) is 5.15 Å². The first-order chi connectivity index (χ1) is 8.63. The highest BCUT2D eigenvalue weighted by molar-refractivity contribution is 6.34. The van der Waals surface area contributed by atoms with E-state index in [2.05, 4.69) is 15.2 Å². The molecule has 0 aromatic carbocycles. The summed E-state index contributed by atoms with van der Waals surface area (Å²) in [4.78, 5) is 6.63. The van der Waals surface area contributed by atoms with E-state index in [-0.39, 0.29) is 0 Å². The second-order valence-electron chi connectivity index (χ2n) is 5.32. The maximum absolute atomic E-state index is 6.18. The van der Waals surface area contributed by atoms with Crippen LogP contribution in [0, 0.1) is 12.8 Å². The summed E-state index contributed by atoms with van der Waals surface area (Å²) in [6.45, 7) is 5.62. The standard InChI is InChI=1S/C13H17Cl2N3/c1-8-6-11(14)17-13(15)12(8)16-10-7-18-4-2-9(10)3-5-18/h6,9-10,16H,2-5,7H2,1H3. The maximum atomic E-state index is 6.18. The van der Waals surface area contributed by atoms with Gasteiger partial charge in [-0.05, 0) is 50.4 Å². The summed E-state index contributed by atoms with van der Waals surface area (Å²) >= 11 is 12.1. The third-order valence-electron chi connectivity index (χ3n) is 4.13. The van der Waals surface area contributed by atoms with Crippen LogP contribution in [0.4, 0.5) is 5.69 Å². The minimum Gasteiger partial charge on any atom is -0.378 e. The molecule has 1 aromatic rings. The number of anilines is 1. The molecule has 0 aliphatic carbocycles. The summed E-state index contributed by atoms with van der Waals surface area (Å²) in [5.74, 6) is 0.765. The minimum absolute atomic E-state index is 0.456. The van der Waals surface area contributed by atoms with Crippen LogP contribution in [-0.2, 0) is 0 Å². The Balaban J connectivity index is 1.81. The Labute approximate surface area is 117 Å². The van der Waals surface area contributed by atoms with E-state index in [1.54, 1.807) is 0 Å². The van der Waals surface area contributed by atoms with E-state index in [0.29, 0.717) is 16.3 Å². The molecule has 0 radical (unpaired) electrons. The van der Waals surface area contributed by atoms with E-state index >= 15 is 0 Å². The van der Waals surface area contributed by atoms with Crippen LogP contribution >= 0.6 is 23.2 Å². The van der Waals surface area contributed by atoms with Crippen LogP contribution in [0.25, 0.3) is 0 Å². The Hall–Kier alpha value is -0.510. The SMILES string of the molecule is Cc1cc(Cl)nc(Cl)c1NC1CN2CCC1CC2. The van der Waals surface area contributed by atoms with Gasteiger partial charge >= 0.3 is 0 Å². The van der Waals surface area contributed by atoms with Crippen molar-refractivity contribution in [2.45, 2.75) is 25.8 Å². The molecule has 3 nitrogen and oxygen atoms in total. The molecule has 3 saturated heterocycles. The number of aryl methyl sites for hydroxylation is 1. The van der Waals surface area contributed by atoms with Crippen molar-refractivity contribution in [2.75, 3.05) is 25.0 Å². The van der Waals surface area contributed by atoms with Gasteiger partial charge in [0, 0.05) is 12.6 Å². The summed E-state index contributed by atoms with van der Waals surface area (Å²) in [7, 11) is 0. The number of aromatic nitrogens is 1. The van der Waals surface area contributed by atoms with Gasteiger partial charge in [0.25, 0.3) is 0 Å². The number of rotatable bonds is 2. The molecule has 3 fully saturated rings. The second-order valence-corrected chi connectivity index (χ2v) is 6.06. The lowest BCUT2D eigenvalue weighted by Gasteiger charge is -2.45. The number of fused-ring (bicyclic) bond motifs is 3. The first-order valence-corrected chi connectivity index (χ1v) is 7.20. The predicted molar refractivity (Wildman–Crippen MR) is 75.6 cm³/mol. The Morgan fingerprint density at radius 1 is 1.33 bits per heavy atom. The van der Waals surface area contributed by atoms with Crippen molar-refractivity contribution in [1.29, 1.82) is 0 Å². The zero-order chi connectivity index (χ0) is 12.7. The molecule has 1 aromatic heterocycles. The van der Waals surface area contributed by atoms with Crippen molar-refractivity contribution in [1.82, 2.24) is 9.88 Å². The topological polar surface area (TPSA) is 28.2 Å². The van der Waals surface area contributed by atoms with E-state index in [1.165, 1.54) is 25.9 Å². The van der Waals surface area contributed by atoms with Crippen molar-refractivity contribution in [3.63, 3.8) is 0 Å². The van der Waals surface area contributed by atoms with E-state index in [1.807, 2.05) is 13.0 Å². The Kier molecular flexibility index (Phi) is 3.39. The molecule has 1 unspecified atom stereocenters. The number of halogens is 2. The molecule has 0 spiro atoms. The number of hydrogen-bond acceptors (Lipinski definition) is 3. The molecule has 2 bridgehead atoms. The Bertz CT molecular complexity index is 433. The third-order valence-corrected chi connectivity index (χ3v) is 4.59. The van der Waals surface area contributed by atoms with E-state index < -0.39 is 0 Å². The Morgan fingerprint density at radius 2 is 2.06 bits per heavy atom. The average Bonchev–Trinajstić information content (AvgIpc) is 2.35. The van der Waals surface area contributed by atoms with Gasteiger partial charge in [0.2, 0.25) is 0 Å². The molecular formula is C13H17Cl2N3. The number of piperidine rings is 3. The number of nitrogens with one attached hydrogen (secondary N) is 1. The molecule has 1 N–H and O–H groups in total. The molecule has 0 saturated carbocycles. The van der Waals surface area contributed by atoms with Gasteiger partial charge in [-0.2, -0.15) is 0 Å². The zero-order valence-electron chi connectivity index (χ0n) is 10.4. The van der Waals surface area contributed by atoms with Crippen molar-refractivity contribution >= 4 is 28.9 Å². The summed E-state index contributed by atoms with van der Waals surface area (Å²) in [6.07, 6.45) is 2.57. The first-order valence-electron chi connectivity index (χ1n) is 6.45. The van der Waals surface area contributed by atoms with Gasteiger partial charge in [0.05, 0.1) is 5.69 Å². The summed E-state index contributed by atoms with van der Waals surface area (Å²) in [5, 5.41) is 4.52. The van der Waals surface area contributed by atoms with Crippen LogP contribution in [0.3, 0.4) is 0 Å². The molecule has 3 aliphatic heterocycles. The van der Waals surface area contributed by atoms with Crippen molar-refractivity contribution < 1.29 is 0 Å². The van der Waals surface area contributed by atoms with Crippen molar-refractivity contribution in [2.24, 2.45) is 5.92 Å². The van der Waals surface area contributed by atoms with Gasteiger partial charge in [-0.1, -0.05) is 23.2 Å². The van der Waals surface area contributed by atoms with Gasteiger partial charge < -0.3 is 10.2 Å². The fourth-order valence-electron chi connectivity index (χ4n) is 3.08. The quantitative estimate of drug-likeness (QED) is 0.846. The molecule has 0 amide bonds. The Morgan fingerprint density at radius 3 is 2.61 bits per heavy atom. The highest BCUT2D eigenvalue weighted by Gasteiger charge is 2.34. The van der Waals surface area contributed by atoms with Crippen LogP contribution < -0.4 is 5.32 Å². The minimum atomic E-state index is 0.456. The van der Waals surface area contributed by atoms with Gasteiger partial charge in [-0.3, -0.25) is 0 Å². The van der Waals surface area contributed by atoms with Crippen molar-refractivity contribution in [3.8, 4) is 0 Å². The van der Waals surface area contributed by atoms with Gasteiger partial charge in [-0.25, -0.2) is 4.98 Å². The zero-order valence-corrected chi connectivity index (χ0v) is 11.9. The third kappa shape index (κ3) is 2.31. The fourth-order valence-corrected chi connectivity index (χ4v) is 3.67. The lowest BCUT2D eigenvalue weighted by molar-refractivity contribution is 0.0975. The number of hydrogen-bond donors (Lipinski definition) is 1. The lowest BCUT2D eigenvalue weighted by Crippen LogP contribution is -2.53. The van der Waals surface area contributed by atoms with Gasteiger partial charge in [0.15, 0.2) is 5.15 Å². The molecule has 98 valence electrons. The van der Waals surface area contributed by atoms with Crippen molar-refractivity contribution in [3.05, 3.63) is 21.9 Å². The molecule has 5 heteroatoms. The summed E-state index contributed by atoms with van der Waals surface area (Å²) in [6, 6.07) is 2.35. The monoisotopic (exact) mass is 285 g/mol. The number of pyridine rings is 1. The molecular weight excluding hydrogens is 269 g/mol. The lowest BCUT2D eigenvalue weighted by atomic mass is 9.84. The normalized spacial score (nSPS) is 30.5. The largest absolute Gasteiger partial charge is 0.378 e. The fraction of sp³-hybridized carbons (Fsp3) is 0.615. The summed E-state index contributed by atoms with van der Waals surface area (Å²) < 4.78 is 0. The number of nitrogens with zero attached hydrogens (tertiary/aromatic N) is 2. The van der Waals surface area contributed by atoms with Crippen LogP contribution in [0.15, 0.2) is 6.07 Å². The van der Waals surface area contributed by atoms with E-state index in [0.717, 1.165) is 23.7 Å². The highest BCUT2D eigenvalue weighted by atomic mass is 35.5. The van der Waals surface area contributed by atoms with Gasteiger partial charge in [-0.15, -0.1) is 0 Å². The van der Waals surface area contributed by atoms with Crippen LogP contribution in [-0.4, -0.2) is 35.6 Å². The van der Waals surface area contributed by atoms with Crippen LogP contribution in [0.1, 0.15) is 18.4 Å². The smallest absolute Gasteiger partial charge is 0.154 e. The predicted octanol–water partition coefficient (Wildman–Crippen LogP) is 3.20. The molecule has 3 aliphatic rings. The average molecular weight is 286 g/mol. The second kappa shape index (κ2) is 4.87. The molecule has 4 rings (SSSR count). The molecule has 4 heterocycles. The molecule has 1 atom stereocenters.